The summed E-state index contributed by atoms with van der Waals surface area (Å²) in [4.78, 5) is 39.8. The first-order chi connectivity index (χ1) is 15.2. The summed E-state index contributed by atoms with van der Waals surface area (Å²) in [6, 6.07) is 2.54. The van der Waals surface area contributed by atoms with Gasteiger partial charge >= 0.3 is 0 Å². The van der Waals surface area contributed by atoms with Crippen LogP contribution in [0.15, 0.2) is 40.9 Å². The van der Waals surface area contributed by atoms with E-state index in [1.165, 1.54) is 44.1 Å². The number of aliphatic hydroxyl groups excluding tert-OH is 3. The van der Waals surface area contributed by atoms with E-state index in [1.807, 2.05) is 0 Å². The van der Waals surface area contributed by atoms with E-state index in [4.69, 9.17) is 5.73 Å². The molecule has 0 saturated carbocycles. The van der Waals surface area contributed by atoms with E-state index in [0.717, 1.165) is 0 Å². The lowest BCUT2D eigenvalue weighted by Crippen LogP contribution is -2.70. The number of aromatic hydroxyl groups is 1. The van der Waals surface area contributed by atoms with E-state index in [2.05, 4.69) is 0 Å². The standard InChI is InChI=1S/C22H24N2O9/c1-21(32)7-5-4-6-8(25)9(7)15(26)10-12(21)17(28)13-14(24(2)3)16(27)11(20(23)31)19(30)22(13,33)18(10)29/h4-6,12-14,17,25,27-29,32-33H,1-3H3,(H2,23,31)/t12?,13?,14-,17?,21?,22?/m0/s1. The van der Waals surface area contributed by atoms with Gasteiger partial charge in [-0.1, -0.05) is 12.1 Å². The second-order valence-electron chi connectivity index (χ2n) is 9.06. The Labute approximate surface area is 187 Å². The average Bonchev–Trinajstić information content (AvgIpc) is 2.70. The minimum Gasteiger partial charge on any atom is -0.510 e. The summed E-state index contributed by atoms with van der Waals surface area (Å²) in [5, 5.41) is 66.5. The number of benzene rings is 1. The number of hydrogen-bond donors (Lipinski definition) is 7. The van der Waals surface area contributed by atoms with Crippen molar-refractivity contribution in [3.05, 3.63) is 52.0 Å². The Hall–Kier alpha value is -3.25. The molecule has 33 heavy (non-hydrogen) atoms. The average molecular weight is 460 g/mol. The smallest absolute Gasteiger partial charge is 0.255 e. The van der Waals surface area contributed by atoms with Crippen molar-refractivity contribution in [1.29, 1.82) is 0 Å². The van der Waals surface area contributed by atoms with Gasteiger partial charge in [-0.25, -0.2) is 0 Å². The van der Waals surface area contributed by atoms with Crippen LogP contribution in [0, 0.1) is 11.8 Å². The molecule has 11 heteroatoms. The number of ketones is 2. The molecule has 1 aromatic rings. The predicted molar refractivity (Wildman–Crippen MR) is 111 cm³/mol. The Kier molecular flexibility index (Phi) is 4.78. The lowest BCUT2D eigenvalue weighted by atomic mass is 9.54. The van der Waals surface area contributed by atoms with E-state index in [-0.39, 0.29) is 11.1 Å². The first-order valence-corrected chi connectivity index (χ1v) is 10.1. The van der Waals surface area contributed by atoms with Crippen LogP contribution in [-0.4, -0.2) is 84.9 Å². The van der Waals surface area contributed by atoms with E-state index in [1.54, 1.807) is 0 Å². The third-order valence-electron chi connectivity index (χ3n) is 7.04. The van der Waals surface area contributed by atoms with Crippen molar-refractivity contribution in [3.8, 4) is 5.75 Å². The van der Waals surface area contributed by atoms with Crippen molar-refractivity contribution < 1.29 is 45.0 Å². The fourth-order valence-corrected chi connectivity index (χ4v) is 5.60. The summed E-state index contributed by atoms with van der Waals surface area (Å²) < 4.78 is 0. The molecule has 0 fully saturated rings. The number of rotatable bonds is 2. The maximum absolute atomic E-state index is 13.3. The van der Waals surface area contributed by atoms with Crippen molar-refractivity contribution in [2.24, 2.45) is 17.6 Å². The molecule has 4 rings (SSSR count). The largest absolute Gasteiger partial charge is 0.510 e. The predicted octanol–water partition coefficient (Wildman–Crippen LogP) is -1.24. The Morgan fingerprint density at radius 3 is 2.27 bits per heavy atom. The van der Waals surface area contributed by atoms with Gasteiger partial charge in [0, 0.05) is 0 Å². The molecule has 0 heterocycles. The molecule has 1 aromatic carbocycles. The molecular formula is C22H24N2O9. The van der Waals surface area contributed by atoms with Crippen LogP contribution in [0.25, 0.3) is 0 Å². The normalized spacial score (nSPS) is 36.0. The summed E-state index contributed by atoms with van der Waals surface area (Å²) in [6.07, 6.45) is -1.87. The van der Waals surface area contributed by atoms with Crippen LogP contribution in [0.4, 0.5) is 0 Å². The maximum atomic E-state index is 13.3. The minimum absolute atomic E-state index is 0.0281. The number of phenolic OH excluding ortho intramolecular Hbond substituents is 1. The quantitative estimate of drug-likeness (QED) is 0.262. The summed E-state index contributed by atoms with van der Waals surface area (Å²) in [5.41, 5.74) is -1.88. The number of carbonyl (C=O) groups is 3. The molecule has 3 aliphatic rings. The van der Waals surface area contributed by atoms with Gasteiger partial charge in [0.15, 0.2) is 11.4 Å². The highest BCUT2D eigenvalue weighted by atomic mass is 16.4. The van der Waals surface area contributed by atoms with E-state index in [9.17, 15) is 45.0 Å². The fraction of sp³-hybridized carbons (Fsp3) is 0.409. The minimum atomic E-state index is -3.02. The van der Waals surface area contributed by atoms with Crippen LogP contribution >= 0.6 is 0 Å². The van der Waals surface area contributed by atoms with Crippen molar-refractivity contribution in [2.75, 3.05) is 14.1 Å². The zero-order valence-electron chi connectivity index (χ0n) is 18.0. The Bertz CT molecular complexity index is 1180. The molecule has 0 bridgehead atoms. The summed E-state index contributed by atoms with van der Waals surface area (Å²) >= 11 is 0. The van der Waals surface area contributed by atoms with Crippen molar-refractivity contribution in [3.63, 3.8) is 0 Å². The van der Waals surface area contributed by atoms with Gasteiger partial charge < -0.3 is 36.4 Å². The SMILES string of the molecule is CN(C)[C@@H]1C(O)=C(C(N)=O)C(=O)C2(O)C(O)=C3C(=O)c4c(O)cccc4C(C)(O)C3C(O)C12. The number of phenols is 1. The molecule has 176 valence electrons. The Morgan fingerprint density at radius 1 is 1.12 bits per heavy atom. The number of carbonyl (C=O) groups excluding carboxylic acids is 3. The van der Waals surface area contributed by atoms with Gasteiger partial charge in [-0.05, 0) is 32.6 Å². The Balaban J connectivity index is 2.10. The second-order valence-corrected chi connectivity index (χ2v) is 9.06. The molecule has 5 unspecified atom stereocenters. The van der Waals surface area contributed by atoms with Gasteiger partial charge in [0.2, 0.25) is 5.78 Å². The van der Waals surface area contributed by atoms with Gasteiger partial charge in [-0.15, -0.1) is 0 Å². The fourth-order valence-electron chi connectivity index (χ4n) is 5.60. The topological polar surface area (TPSA) is 202 Å². The molecule has 0 aliphatic heterocycles. The van der Waals surface area contributed by atoms with Crippen LogP contribution in [-0.2, 0) is 15.2 Å². The molecule has 11 nitrogen and oxygen atoms in total. The van der Waals surface area contributed by atoms with Crippen molar-refractivity contribution >= 4 is 17.5 Å². The van der Waals surface area contributed by atoms with E-state index < -0.39 is 81.1 Å². The first-order valence-electron chi connectivity index (χ1n) is 10.1. The van der Waals surface area contributed by atoms with Crippen LogP contribution < -0.4 is 5.73 Å². The zero-order valence-corrected chi connectivity index (χ0v) is 18.0. The van der Waals surface area contributed by atoms with Gasteiger partial charge in [0.1, 0.15) is 22.8 Å². The number of likely N-dealkylation sites (N-methyl/N-ethyl adjacent to an activating group) is 1. The summed E-state index contributed by atoms with van der Waals surface area (Å²) in [7, 11) is 2.85. The lowest BCUT2D eigenvalue weighted by molar-refractivity contribution is -0.173. The van der Waals surface area contributed by atoms with Crippen LogP contribution in [0.3, 0.4) is 0 Å². The molecule has 8 N–H and O–H groups in total. The highest BCUT2D eigenvalue weighted by molar-refractivity contribution is 6.25. The molecule has 0 saturated heterocycles. The van der Waals surface area contributed by atoms with Gasteiger partial charge in [-0.2, -0.15) is 0 Å². The van der Waals surface area contributed by atoms with Crippen LogP contribution in [0.5, 0.6) is 5.75 Å². The number of aliphatic hydroxyl groups is 5. The molecular weight excluding hydrogens is 436 g/mol. The van der Waals surface area contributed by atoms with Crippen molar-refractivity contribution in [1.82, 2.24) is 4.90 Å². The van der Waals surface area contributed by atoms with Crippen LogP contribution in [0.2, 0.25) is 0 Å². The lowest BCUT2D eigenvalue weighted by Gasteiger charge is -2.55. The van der Waals surface area contributed by atoms with Crippen LogP contribution in [0.1, 0.15) is 22.8 Å². The Morgan fingerprint density at radius 2 is 1.73 bits per heavy atom. The van der Waals surface area contributed by atoms with E-state index in [0.29, 0.717) is 0 Å². The van der Waals surface area contributed by atoms with Gasteiger partial charge in [-0.3, -0.25) is 19.3 Å². The number of Topliss-reactive ketones (excluding diaryl/α,β-unsaturated/α-hetero) is 2. The highest BCUT2D eigenvalue weighted by Gasteiger charge is 2.69. The van der Waals surface area contributed by atoms with Crippen molar-refractivity contribution in [2.45, 2.75) is 30.3 Å². The number of fused-ring (bicyclic) bond motifs is 3. The number of amides is 1. The summed E-state index contributed by atoms with van der Waals surface area (Å²) in [5.74, 6) is -9.66. The van der Waals surface area contributed by atoms with Gasteiger partial charge in [0.25, 0.3) is 5.91 Å². The second kappa shape index (κ2) is 6.87. The monoisotopic (exact) mass is 460 g/mol. The first kappa shape index (κ1) is 22.9. The van der Waals surface area contributed by atoms with Gasteiger partial charge in [0.05, 0.1) is 40.7 Å². The molecule has 1 amide bonds. The molecule has 3 aliphatic carbocycles. The number of nitrogens with zero attached hydrogens (tertiary/aromatic N) is 1. The zero-order chi connectivity index (χ0) is 24.8. The number of primary amides is 1. The number of hydrogen-bond acceptors (Lipinski definition) is 10. The number of nitrogens with two attached hydrogens (primary N) is 1. The maximum Gasteiger partial charge on any atom is 0.255 e. The highest BCUT2D eigenvalue weighted by Crippen LogP contribution is 2.56. The molecule has 6 atom stereocenters. The molecule has 0 aromatic heterocycles. The third-order valence-corrected chi connectivity index (χ3v) is 7.04. The summed E-state index contributed by atoms with van der Waals surface area (Å²) in [6.45, 7) is 1.25. The molecule has 0 spiro atoms. The van der Waals surface area contributed by atoms with E-state index >= 15 is 0 Å². The third kappa shape index (κ3) is 2.61. The molecule has 0 radical (unpaired) electrons.